The number of hydrogen-bond donors (Lipinski definition) is 1. The number of nitrogens with one attached hydrogen (secondary N) is 1. The van der Waals surface area contributed by atoms with Crippen LogP contribution in [0.2, 0.25) is 0 Å². The molecule has 0 aromatic heterocycles. The van der Waals surface area contributed by atoms with Crippen molar-refractivity contribution in [2.75, 3.05) is 39.3 Å². The maximum atomic E-state index is 12.1. The Balaban J connectivity index is 1.84. The van der Waals surface area contributed by atoms with Gasteiger partial charge in [0.25, 0.3) is 0 Å². The highest BCUT2D eigenvalue weighted by Crippen LogP contribution is 2.17. The molecule has 0 unspecified atom stereocenters. The summed E-state index contributed by atoms with van der Waals surface area (Å²) in [5.74, 6) is -0.244. The quantitative estimate of drug-likeness (QED) is 0.746. The fraction of sp³-hybridized carbons (Fsp3) is 0.867. The van der Waals surface area contributed by atoms with E-state index in [1.54, 1.807) is 4.90 Å². The molecule has 1 N–H and O–H groups in total. The van der Waals surface area contributed by atoms with Gasteiger partial charge in [-0.05, 0) is 20.8 Å². The number of nitrogens with zero attached hydrogens (tertiary/aromatic N) is 2. The fourth-order valence-corrected chi connectivity index (χ4v) is 2.90. The van der Waals surface area contributed by atoms with E-state index in [-0.39, 0.29) is 24.2 Å². The van der Waals surface area contributed by atoms with E-state index >= 15 is 0 Å². The van der Waals surface area contributed by atoms with Crippen molar-refractivity contribution >= 4 is 12.1 Å². The van der Waals surface area contributed by atoms with Crippen LogP contribution in [-0.4, -0.2) is 78.9 Å². The van der Waals surface area contributed by atoms with Gasteiger partial charge in [0.15, 0.2) is 0 Å². The molecule has 2 atom stereocenters. The van der Waals surface area contributed by atoms with Crippen LogP contribution < -0.4 is 5.32 Å². The van der Waals surface area contributed by atoms with Crippen molar-refractivity contribution in [2.24, 2.45) is 0 Å². The minimum absolute atomic E-state index is 0.106. The zero-order valence-corrected chi connectivity index (χ0v) is 13.9. The van der Waals surface area contributed by atoms with Gasteiger partial charge >= 0.3 is 12.1 Å². The Bertz CT molecular complexity index is 414. The van der Waals surface area contributed by atoms with Gasteiger partial charge in [0.05, 0.1) is 6.04 Å². The smallest absolute Gasteiger partial charge is 0.410 e. The van der Waals surface area contributed by atoms with Gasteiger partial charge < -0.3 is 19.7 Å². The summed E-state index contributed by atoms with van der Waals surface area (Å²) >= 11 is 0. The molecule has 0 bridgehead atoms. The number of carbonyl (C=O) groups excluding carboxylic acids is 2. The van der Waals surface area contributed by atoms with Crippen molar-refractivity contribution in [1.29, 1.82) is 0 Å². The van der Waals surface area contributed by atoms with Crippen LogP contribution in [0.3, 0.4) is 0 Å². The average molecular weight is 313 g/mol. The monoisotopic (exact) mass is 313 g/mol. The van der Waals surface area contributed by atoms with Crippen LogP contribution in [0.4, 0.5) is 4.79 Å². The maximum Gasteiger partial charge on any atom is 0.410 e. The number of esters is 1. The Hall–Kier alpha value is -1.34. The Kier molecular flexibility index (Phi) is 5.28. The molecule has 2 heterocycles. The Morgan fingerprint density at radius 3 is 2.27 bits per heavy atom. The highest BCUT2D eigenvalue weighted by molar-refractivity contribution is 5.68. The lowest BCUT2D eigenvalue weighted by Gasteiger charge is -2.39. The second-order valence-electron chi connectivity index (χ2n) is 6.88. The summed E-state index contributed by atoms with van der Waals surface area (Å²) in [7, 11) is 0. The second-order valence-corrected chi connectivity index (χ2v) is 6.88. The Morgan fingerprint density at radius 2 is 1.73 bits per heavy atom. The van der Waals surface area contributed by atoms with Crippen LogP contribution >= 0.6 is 0 Å². The van der Waals surface area contributed by atoms with Gasteiger partial charge in [0.2, 0.25) is 0 Å². The van der Waals surface area contributed by atoms with Gasteiger partial charge in [-0.25, -0.2) is 4.79 Å². The van der Waals surface area contributed by atoms with Crippen LogP contribution in [0.5, 0.6) is 0 Å². The van der Waals surface area contributed by atoms with Crippen molar-refractivity contribution in [3.05, 3.63) is 0 Å². The molecule has 0 aromatic rings. The van der Waals surface area contributed by atoms with E-state index in [9.17, 15) is 9.59 Å². The lowest BCUT2D eigenvalue weighted by Crippen LogP contribution is -2.55. The molecule has 22 heavy (non-hydrogen) atoms. The second kappa shape index (κ2) is 6.83. The highest BCUT2D eigenvalue weighted by atomic mass is 16.6. The van der Waals surface area contributed by atoms with Crippen LogP contribution in [0.1, 0.15) is 27.7 Å². The standard InChI is InChI=1S/C15H27N3O4/c1-11(19)21-13-10-16-9-12(13)17-5-7-18(8-6-17)14(20)22-15(2,3)4/h12-13,16H,5-10H2,1-4H3/t12-,13-/m1/s1. The normalized spacial score (nSPS) is 26.8. The predicted molar refractivity (Wildman–Crippen MR) is 81.6 cm³/mol. The third-order valence-corrected chi connectivity index (χ3v) is 3.88. The first-order valence-corrected chi connectivity index (χ1v) is 7.86. The van der Waals surface area contributed by atoms with E-state index < -0.39 is 5.60 Å². The number of amides is 1. The van der Waals surface area contributed by atoms with Crippen molar-refractivity contribution in [3.8, 4) is 0 Å². The van der Waals surface area contributed by atoms with Gasteiger partial charge in [-0.2, -0.15) is 0 Å². The molecular weight excluding hydrogens is 286 g/mol. The first-order valence-electron chi connectivity index (χ1n) is 7.86. The number of hydrogen-bond acceptors (Lipinski definition) is 6. The van der Waals surface area contributed by atoms with Crippen molar-refractivity contribution in [2.45, 2.75) is 45.4 Å². The van der Waals surface area contributed by atoms with Gasteiger partial charge in [0.1, 0.15) is 11.7 Å². The van der Waals surface area contributed by atoms with Gasteiger partial charge in [0, 0.05) is 46.2 Å². The molecule has 2 aliphatic rings. The van der Waals surface area contributed by atoms with E-state index in [0.29, 0.717) is 19.6 Å². The molecular formula is C15H27N3O4. The first kappa shape index (κ1) is 17.0. The maximum absolute atomic E-state index is 12.1. The molecule has 7 heteroatoms. The minimum Gasteiger partial charge on any atom is -0.459 e. The Labute approximate surface area is 131 Å². The molecule has 2 aliphatic heterocycles. The number of piperazine rings is 1. The van der Waals surface area contributed by atoms with E-state index in [0.717, 1.165) is 19.6 Å². The van der Waals surface area contributed by atoms with Gasteiger partial charge in [-0.15, -0.1) is 0 Å². The summed E-state index contributed by atoms with van der Waals surface area (Å²) in [6, 6.07) is 0.185. The van der Waals surface area contributed by atoms with Crippen LogP contribution in [0.25, 0.3) is 0 Å². The zero-order valence-electron chi connectivity index (χ0n) is 13.9. The number of rotatable bonds is 2. The summed E-state index contributed by atoms with van der Waals surface area (Å²) in [5.41, 5.74) is -0.468. The van der Waals surface area contributed by atoms with Crippen molar-refractivity contribution in [3.63, 3.8) is 0 Å². The fourth-order valence-electron chi connectivity index (χ4n) is 2.90. The summed E-state index contributed by atoms with van der Waals surface area (Å²) < 4.78 is 10.8. The molecule has 0 aromatic carbocycles. The summed E-state index contributed by atoms with van der Waals surface area (Å²) in [6.45, 7) is 11.4. The highest BCUT2D eigenvalue weighted by Gasteiger charge is 2.36. The molecule has 2 rings (SSSR count). The van der Waals surface area contributed by atoms with Gasteiger partial charge in [-0.1, -0.05) is 0 Å². The molecule has 2 saturated heterocycles. The minimum atomic E-state index is -0.468. The largest absolute Gasteiger partial charge is 0.459 e. The van der Waals surface area contributed by atoms with E-state index in [4.69, 9.17) is 9.47 Å². The molecule has 0 aliphatic carbocycles. The SMILES string of the molecule is CC(=O)O[C@@H]1CNC[C@H]1N1CCN(C(=O)OC(C)(C)C)CC1. The lowest BCUT2D eigenvalue weighted by atomic mass is 10.1. The average Bonchev–Trinajstić information content (AvgIpc) is 2.84. The molecule has 1 amide bonds. The third-order valence-electron chi connectivity index (χ3n) is 3.88. The van der Waals surface area contributed by atoms with Crippen LogP contribution in [-0.2, 0) is 14.3 Å². The number of carbonyl (C=O) groups is 2. The Morgan fingerprint density at radius 1 is 1.09 bits per heavy atom. The number of ether oxygens (including phenoxy) is 2. The van der Waals surface area contributed by atoms with Crippen molar-refractivity contribution < 1.29 is 19.1 Å². The first-order chi connectivity index (χ1) is 10.3. The molecule has 0 spiro atoms. The summed E-state index contributed by atoms with van der Waals surface area (Å²) in [4.78, 5) is 27.2. The molecule has 0 saturated carbocycles. The summed E-state index contributed by atoms with van der Waals surface area (Å²) in [6.07, 6.45) is -0.362. The molecule has 0 radical (unpaired) electrons. The zero-order chi connectivity index (χ0) is 16.3. The van der Waals surface area contributed by atoms with Crippen LogP contribution in [0.15, 0.2) is 0 Å². The topological polar surface area (TPSA) is 71.1 Å². The van der Waals surface area contributed by atoms with Crippen molar-refractivity contribution in [1.82, 2.24) is 15.1 Å². The van der Waals surface area contributed by atoms with Gasteiger partial charge in [-0.3, -0.25) is 9.69 Å². The third kappa shape index (κ3) is 4.58. The van der Waals surface area contributed by atoms with E-state index in [1.165, 1.54) is 6.92 Å². The predicted octanol–water partition coefficient (Wildman–Crippen LogP) is 0.443. The van der Waals surface area contributed by atoms with E-state index in [2.05, 4.69) is 10.2 Å². The van der Waals surface area contributed by atoms with Crippen LogP contribution in [0, 0.1) is 0 Å². The summed E-state index contributed by atoms with van der Waals surface area (Å²) in [5, 5.41) is 3.27. The molecule has 7 nitrogen and oxygen atoms in total. The molecule has 126 valence electrons. The van der Waals surface area contributed by atoms with E-state index in [1.807, 2.05) is 20.8 Å². The molecule has 2 fully saturated rings. The lowest BCUT2D eigenvalue weighted by molar-refractivity contribution is -0.148.